The van der Waals surface area contributed by atoms with E-state index < -0.39 is 63.5 Å². The molecule has 0 amide bonds. The molecular weight excluding hydrogens is 601 g/mol. The van der Waals surface area contributed by atoms with E-state index in [4.69, 9.17) is 37.2 Å². The SMILES string of the molecule is CCOP(=O)(C[C@@H]1OCC(C)(NC)Oc2cn(c(=O)[nH]c2=O)[C@@H]2O[C@H]1[C@@H](O[Si](C)(C)C(C)(C)C)[C@H]2OCCOC)OCC. The van der Waals surface area contributed by atoms with E-state index in [1.807, 2.05) is 0 Å². The smallest absolute Gasteiger partial charge is 0.333 e. The molecule has 1 fully saturated rings. The number of likely N-dealkylation sites (N-methyl/N-ethyl adjacent to an activating group) is 1. The molecule has 4 bridgehead atoms. The standard InChI is InChI=1S/C27H50N3O11PSi/c1-11-37-42(33,38-12-2)16-19-20-21(41-43(9,10)26(3,4)5)22(35-14-13-34-8)24(39-20)30-15-18(23(31)29-25(30)32)40-27(6,28-7)17-36-19/h15,19-22,24,28H,11-14,16-17H2,1-10H3,(H,29,31,32)/t19-,20+,21+,22+,24+,27?/m0/s1. The highest BCUT2D eigenvalue weighted by Gasteiger charge is 2.56. The minimum Gasteiger partial charge on any atom is -0.463 e. The maximum atomic E-state index is 13.9. The summed E-state index contributed by atoms with van der Waals surface area (Å²) in [5, 5.41) is 2.84. The number of hydrogen-bond donors (Lipinski definition) is 2. The zero-order chi connectivity index (χ0) is 32.2. The lowest BCUT2D eigenvalue weighted by molar-refractivity contribution is -0.125. The van der Waals surface area contributed by atoms with Crippen LogP contribution in [0.15, 0.2) is 15.8 Å². The summed E-state index contributed by atoms with van der Waals surface area (Å²) < 4.78 is 64.1. The third-order valence-electron chi connectivity index (χ3n) is 8.13. The van der Waals surface area contributed by atoms with Gasteiger partial charge >= 0.3 is 13.3 Å². The largest absolute Gasteiger partial charge is 0.463 e. The van der Waals surface area contributed by atoms with Gasteiger partial charge in [-0.25, -0.2) is 4.79 Å². The summed E-state index contributed by atoms with van der Waals surface area (Å²) in [5.74, 6) is -0.127. The first kappa shape index (κ1) is 36.1. The van der Waals surface area contributed by atoms with Gasteiger partial charge in [-0.1, -0.05) is 20.8 Å². The number of fused-ring (bicyclic) bond motifs is 5. The van der Waals surface area contributed by atoms with Gasteiger partial charge in [-0.2, -0.15) is 0 Å². The highest BCUT2D eigenvalue weighted by atomic mass is 31.2. The van der Waals surface area contributed by atoms with E-state index in [1.54, 1.807) is 34.9 Å². The number of aromatic amines is 1. The number of nitrogens with one attached hydrogen (secondary N) is 2. The van der Waals surface area contributed by atoms with Crippen molar-refractivity contribution in [2.75, 3.05) is 53.4 Å². The molecule has 2 aliphatic heterocycles. The Morgan fingerprint density at radius 3 is 2.37 bits per heavy atom. The first-order valence-electron chi connectivity index (χ1n) is 14.7. The highest BCUT2D eigenvalue weighted by Crippen LogP contribution is 2.51. The Morgan fingerprint density at radius 1 is 1.16 bits per heavy atom. The lowest BCUT2D eigenvalue weighted by Crippen LogP contribution is -2.55. The van der Waals surface area contributed by atoms with Crippen LogP contribution in [0.25, 0.3) is 0 Å². The average Bonchev–Trinajstić information content (AvgIpc) is 3.23. The van der Waals surface area contributed by atoms with Crippen molar-refractivity contribution in [3.05, 3.63) is 27.0 Å². The summed E-state index contributed by atoms with van der Waals surface area (Å²) in [5.41, 5.74) is -2.65. The molecule has 6 atom stereocenters. The van der Waals surface area contributed by atoms with Gasteiger partial charge < -0.3 is 37.2 Å². The van der Waals surface area contributed by atoms with Crippen molar-refractivity contribution in [2.45, 2.75) is 96.0 Å². The van der Waals surface area contributed by atoms with Gasteiger partial charge in [0, 0.05) is 7.11 Å². The lowest BCUT2D eigenvalue weighted by atomic mass is 10.1. The number of rotatable bonds is 13. The molecule has 1 aromatic heterocycles. The van der Waals surface area contributed by atoms with Gasteiger partial charge in [0.15, 0.2) is 20.3 Å². The fourth-order valence-electron chi connectivity index (χ4n) is 4.68. The molecule has 0 radical (unpaired) electrons. The van der Waals surface area contributed by atoms with Crippen molar-refractivity contribution in [1.29, 1.82) is 0 Å². The van der Waals surface area contributed by atoms with Crippen molar-refractivity contribution >= 4 is 15.9 Å². The van der Waals surface area contributed by atoms with Crippen LogP contribution in [0.3, 0.4) is 0 Å². The summed E-state index contributed by atoms with van der Waals surface area (Å²) in [4.78, 5) is 28.4. The average molecular weight is 652 g/mol. The van der Waals surface area contributed by atoms with E-state index in [-0.39, 0.29) is 50.0 Å². The van der Waals surface area contributed by atoms with Crippen LogP contribution in [0, 0.1) is 0 Å². The molecule has 0 spiro atoms. The van der Waals surface area contributed by atoms with Crippen LogP contribution < -0.4 is 21.3 Å². The van der Waals surface area contributed by atoms with Crippen LogP contribution in [-0.4, -0.2) is 101 Å². The quantitative estimate of drug-likeness (QED) is 0.183. The first-order chi connectivity index (χ1) is 20.0. The molecule has 1 unspecified atom stereocenters. The molecule has 43 heavy (non-hydrogen) atoms. The van der Waals surface area contributed by atoms with E-state index >= 15 is 0 Å². The predicted molar refractivity (Wildman–Crippen MR) is 162 cm³/mol. The second kappa shape index (κ2) is 14.4. The number of nitrogens with zero attached hydrogens (tertiary/aromatic N) is 1. The van der Waals surface area contributed by atoms with E-state index in [1.165, 1.54) is 10.8 Å². The summed E-state index contributed by atoms with van der Waals surface area (Å²) in [6.45, 7) is 16.4. The van der Waals surface area contributed by atoms with Crippen LogP contribution in [0.1, 0.15) is 47.8 Å². The lowest BCUT2D eigenvalue weighted by Gasteiger charge is -2.42. The Hall–Kier alpha value is -1.39. The van der Waals surface area contributed by atoms with Gasteiger partial charge in [0.25, 0.3) is 5.56 Å². The summed E-state index contributed by atoms with van der Waals surface area (Å²) in [6, 6.07) is 0. The first-order valence-corrected chi connectivity index (χ1v) is 19.3. The third kappa shape index (κ3) is 8.46. The number of hydrogen-bond acceptors (Lipinski definition) is 12. The van der Waals surface area contributed by atoms with Crippen molar-refractivity contribution in [3.8, 4) is 5.75 Å². The van der Waals surface area contributed by atoms with E-state index in [9.17, 15) is 14.2 Å². The summed E-state index contributed by atoms with van der Waals surface area (Å²) >= 11 is 0. The van der Waals surface area contributed by atoms with Crippen LogP contribution in [-0.2, 0) is 37.0 Å². The molecule has 0 aromatic carbocycles. The zero-order valence-corrected chi connectivity index (χ0v) is 29.0. The van der Waals surface area contributed by atoms with Gasteiger partial charge in [-0.15, -0.1) is 0 Å². The monoisotopic (exact) mass is 651 g/mol. The van der Waals surface area contributed by atoms with Crippen molar-refractivity contribution in [2.24, 2.45) is 0 Å². The second-order valence-electron chi connectivity index (χ2n) is 12.4. The maximum absolute atomic E-state index is 13.9. The van der Waals surface area contributed by atoms with Crippen LogP contribution in [0.4, 0.5) is 0 Å². The number of ether oxygens (including phenoxy) is 5. The van der Waals surface area contributed by atoms with Crippen LogP contribution in [0.2, 0.25) is 18.1 Å². The molecular formula is C27H50N3O11PSi. The molecule has 0 aliphatic carbocycles. The summed E-state index contributed by atoms with van der Waals surface area (Å²) in [6.07, 6.45) is -3.34. The van der Waals surface area contributed by atoms with Gasteiger partial charge in [0.1, 0.15) is 24.9 Å². The zero-order valence-electron chi connectivity index (χ0n) is 27.1. The molecule has 2 N–H and O–H groups in total. The van der Waals surface area contributed by atoms with Gasteiger partial charge in [0.2, 0.25) is 5.75 Å². The minimum atomic E-state index is -3.67. The van der Waals surface area contributed by atoms with Gasteiger partial charge in [-0.3, -0.25) is 24.2 Å². The Balaban J connectivity index is 2.26. The molecule has 3 heterocycles. The topological polar surface area (TPSA) is 158 Å². The predicted octanol–water partition coefficient (Wildman–Crippen LogP) is 2.84. The Bertz CT molecular complexity index is 1230. The maximum Gasteiger partial charge on any atom is 0.333 e. The molecule has 14 nitrogen and oxygen atoms in total. The fraction of sp³-hybridized carbons (Fsp3) is 0.852. The molecule has 2 aliphatic rings. The Kier molecular flexibility index (Phi) is 12.0. The summed E-state index contributed by atoms with van der Waals surface area (Å²) in [7, 11) is -2.97. The van der Waals surface area contributed by atoms with Crippen molar-refractivity contribution in [3.63, 3.8) is 0 Å². The van der Waals surface area contributed by atoms with E-state index in [2.05, 4.69) is 44.2 Å². The molecule has 1 saturated heterocycles. The fourth-order valence-corrected chi connectivity index (χ4v) is 7.81. The Morgan fingerprint density at radius 2 is 1.81 bits per heavy atom. The molecule has 1 aromatic rings. The number of aromatic nitrogens is 2. The highest BCUT2D eigenvalue weighted by molar-refractivity contribution is 7.53. The Labute approximate surface area is 254 Å². The van der Waals surface area contributed by atoms with Crippen molar-refractivity contribution < 1.29 is 41.7 Å². The number of H-pyrrole nitrogens is 1. The molecule has 3 rings (SSSR count). The molecule has 248 valence electrons. The second-order valence-corrected chi connectivity index (χ2v) is 19.2. The van der Waals surface area contributed by atoms with Crippen LogP contribution >= 0.6 is 7.60 Å². The van der Waals surface area contributed by atoms with Gasteiger partial charge in [-0.05, 0) is 46.0 Å². The molecule has 0 saturated carbocycles. The number of methoxy groups -OCH3 is 1. The molecule has 16 heteroatoms. The third-order valence-corrected chi connectivity index (χ3v) is 14.7. The van der Waals surface area contributed by atoms with Gasteiger partial charge in [0.05, 0.1) is 44.9 Å². The van der Waals surface area contributed by atoms with E-state index in [0.717, 1.165) is 0 Å². The minimum absolute atomic E-state index is 0.0997. The van der Waals surface area contributed by atoms with Crippen LogP contribution in [0.5, 0.6) is 5.75 Å². The van der Waals surface area contributed by atoms with Crippen molar-refractivity contribution in [1.82, 2.24) is 14.9 Å². The van der Waals surface area contributed by atoms with E-state index in [0.29, 0.717) is 0 Å². The normalized spacial score (nSPS) is 28.4.